The predicted octanol–water partition coefficient (Wildman–Crippen LogP) is 2.26. The Balaban J connectivity index is 1.82. The van der Waals surface area contributed by atoms with Crippen LogP contribution in [0.25, 0.3) is 0 Å². The third-order valence-electron chi connectivity index (χ3n) is 3.95. The molecule has 1 N–H and O–H groups in total. The minimum atomic E-state index is -0.460. The van der Waals surface area contributed by atoms with Crippen molar-refractivity contribution in [1.29, 1.82) is 0 Å². The van der Waals surface area contributed by atoms with Crippen LogP contribution in [-0.2, 0) is 19.9 Å². The molecule has 0 saturated heterocycles. The Hall–Kier alpha value is -1.61. The molecule has 0 radical (unpaired) electrons. The van der Waals surface area contributed by atoms with E-state index in [9.17, 15) is 5.11 Å². The molecule has 0 amide bonds. The maximum atomic E-state index is 10.5. The Bertz CT molecular complexity index is 547. The van der Waals surface area contributed by atoms with E-state index in [1.165, 1.54) is 11.1 Å². The van der Waals surface area contributed by atoms with Gasteiger partial charge in [-0.15, -0.1) is 0 Å². The zero-order chi connectivity index (χ0) is 12.5. The second kappa shape index (κ2) is 4.58. The molecule has 1 aromatic heterocycles. The van der Waals surface area contributed by atoms with E-state index < -0.39 is 6.10 Å². The van der Waals surface area contributed by atoms with Gasteiger partial charge in [-0.05, 0) is 36.3 Å². The van der Waals surface area contributed by atoms with Gasteiger partial charge in [0.25, 0.3) is 0 Å². The average Bonchev–Trinajstić information content (AvgIpc) is 2.83. The quantitative estimate of drug-likeness (QED) is 0.877. The smallest absolute Gasteiger partial charge is 0.137 e. The van der Waals surface area contributed by atoms with Gasteiger partial charge in [-0.3, -0.25) is 0 Å². The summed E-state index contributed by atoms with van der Waals surface area (Å²) < 4.78 is 1.91. The molecule has 2 atom stereocenters. The van der Waals surface area contributed by atoms with Crippen molar-refractivity contribution in [2.24, 2.45) is 13.0 Å². The van der Waals surface area contributed by atoms with E-state index in [-0.39, 0.29) is 5.92 Å². The van der Waals surface area contributed by atoms with Crippen molar-refractivity contribution in [2.75, 3.05) is 0 Å². The van der Waals surface area contributed by atoms with Gasteiger partial charge < -0.3 is 9.67 Å². The van der Waals surface area contributed by atoms with Gasteiger partial charge in [0.05, 0.1) is 0 Å². The minimum Gasteiger partial charge on any atom is -0.385 e. The highest BCUT2D eigenvalue weighted by Gasteiger charge is 2.27. The number of aromatic nitrogens is 2. The van der Waals surface area contributed by atoms with Crippen LogP contribution in [-0.4, -0.2) is 14.7 Å². The van der Waals surface area contributed by atoms with Crippen LogP contribution >= 0.6 is 0 Å². The number of imidazole rings is 1. The lowest BCUT2D eigenvalue weighted by molar-refractivity contribution is 0.0886. The number of hydrogen-bond acceptors (Lipinski definition) is 2. The molecule has 0 spiro atoms. The fourth-order valence-electron chi connectivity index (χ4n) is 2.87. The van der Waals surface area contributed by atoms with Crippen LogP contribution in [0.1, 0.15) is 29.5 Å². The lowest BCUT2D eigenvalue weighted by atomic mass is 9.81. The Morgan fingerprint density at radius 3 is 2.83 bits per heavy atom. The Morgan fingerprint density at radius 1 is 1.33 bits per heavy atom. The third kappa shape index (κ3) is 1.95. The van der Waals surface area contributed by atoms with Crippen LogP contribution < -0.4 is 0 Å². The van der Waals surface area contributed by atoms with Crippen LogP contribution in [0.5, 0.6) is 0 Å². The maximum Gasteiger partial charge on any atom is 0.137 e. The number of nitrogens with zero attached hydrogens (tertiary/aromatic N) is 2. The van der Waals surface area contributed by atoms with E-state index >= 15 is 0 Å². The van der Waals surface area contributed by atoms with E-state index in [0.717, 1.165) is 25.1 Å². The van der Waals surface area contributed by atoms with Crippen molar-refractivity contribution in [3.8, 4) is 0 Å². The largest absolute Gasteiger partial charge is 0.385 e. The summed E-state index contributed by atoms with van der Waals surface area (Å²) in [5.74, 6) is 1.06. The van der Waals surface area contributed by atoms with Gasteiger partial charge in [0.15, 0.2) is 0 Å². The number of aryl methyl sites for hydroxylation is 2. The summed E-state index contributed by atoms with van der Waals surface area (Å²) in [5, 5.41) is 10.5. The third-order valence-corrected chi connectivity index (χ3v) is 3.95. The molecule has 0 bridgehead atoms. The first-order valence-corrected chi connectivity index (χ1v) is 6.48. The summed E-state index contributed by atoms with van der Waals surface area (Å²) >= 11 is 0. The molecule has 0 aliphatic heterocycles. The first-order chi connectivity index (χ1) is 8.75. The normalized spacial score (nSPS) is 20.4. The average molecular weight is 242 g/mol. The van der Waals surface area contributed by atoms with Crippen LogP contribution in [0.2, 0.25) is 0 Å². The zero-order valence-corrected chi connectivity index (χ0v) is 10.6. The van der Waals surface area contributed by atoms with Crippen molar-refractivity contribution >= 4 is 0 Å². The van der Waals surface area contributed by atoms with Gasteiger partial charge in [0.2, 0.25) is 0 Å². The molecule has 3 heteroatoms. The van der Waals surface area contributed by atoms with E-state index in [2.05, 4.69) is 29.2 Å². The molecule has 94 valence electrons. The van der Waals surface area contributed by atoms with Gasteiger partial charge >= 0.3 is 0 Å². The van der Waals surface area contributed by atoms with Crippen molar-refractivity contribution in [3.63, 3.8) is 0 Å². The monoisotopic (exact) mass is 242 g/mol. The summed E-state index contributed by atoms with van der Waals surface area (Å²) in [6.45, 7) is 0. The first kappa shape index (κ1) is 11.5. The SMILES string of the molecule is Cn1ccnc1C(O)C1CCc2ccccc2C1. The highest BCUT2D eigenvalue weighted by atomic mass is 16.3. The molecule has 0 fully saturated rings. The molecule has 3 rings (SSSR count). The topological polar surface area (TPSA) is 38.0 Å². The second-order valence-electron chi connectivity index (χ2n) is 5.11. The van der Waals surface area contributed by atoms with Crippen LogP contribution in [0, 0.1) is 5.92 Å². The van der Waals surface area contributed by atoms with Crippen LogP contribution in [0.15, 0.2) is 36.7 Å². The zero-order valence-electron chi connectivity index (χ0n) is 10.6. The van der Waals surface area contributed by atoms with Gasteiger partial charge in [0.1, 0.15) is 11.9 Å². The van der Waals surface area contributed by atoms with Gasteiger partial charge in [-0.2, -0.15) is 0 Å². The number of rotatable bonds is 2. The van der Waals surface area contributed by atoms with E-state index in [0.29, 0.717) is 0 Å². The molecule has 2 unspecified atom stereocenters. The fraction of sp³-hybridized carbons (Fsp3) is 0.400. The molecule has 1 aliphatic rings. The molecule has 18 heavy (non-hydrogen) atoms. The molecule has 1 aliphatic carbocycles. The second-order valence-corrected chi connectivity index (χ2v) is 5.11. The molecule has 1 aromatic carbocycles. The number of aliphatic hydroxyl groups is 1. The number of aliphatic hydroxyl groups excluding tert-OH is 1. The van der Waals surface area contributed by atoms with Crippen LogP contribution in [0.3, 0.4) is 0 Å². The van der Waals surface area contributed by atoms with Crippen LogP contribution in [0.4, 0.5) is 0 Å². The van der Waals surface area contributed by atoms with Crippen molar-refractivity contribution in [3.05, 3.63) is 53.6 Å². The maximum absolute atomic E-state index is 10.5. The molecular formula is C15H18N2O. The summed E-state index contributed by atoms with van der Waals surface area (Å²) in [5.41, 5.74) is 2.81. The molecular weight excluding hydrogens is 224 g/mol. The van der Waals surface area contributed by atoms with E-state index in [4.69, 9.17) is 0 Å². The Kier molecular flexibility index (Phi) is 2.92. The van der Waals surface area contributed by atoms with Gasteiger partial charge in [-0.1, -0.05) is 24.3 Å². The number of hydrogen-bond donors (Lipinski definition) is 1. The lowest BCUT2D eigenvalue weighted by Gasteiger charge is -2.28. The molecule has 1 heterocycles. The summed E-state index contributed by atoms with van der Waals surface area (Å²) in [6.07, 6.45) is 6.21. The molecule has 3 nitrogen and oxygen atoms in total. The fourth-order valence-corrected chi connectivity index (χ4v) is 2.87. The van der Waals surface area contributed by atoms with Crippen molar-refractivity contribution in [2.45, 2.75) is 25.4 Å². The highest BCUT2D eigenvalue weighted by molar-refractivity contribution is 5.30. The number of fused-ring (bicyclic) bond motifs is 1. The van der Waals surface area contributed by atoms with Crippen molar-refractivity contribution in [1.82, 2.24) is 9.55 Å². The summed E-state index contributed by atoms with van der Waals surface area (Å²) in [4.78, 5) is 4.26. The standard InChI is InChI=1S/C15H18N2O/c1-17-9-8-16-15(17)14(18)13-7-6-11-4-2-3-5-12(11)10-13/h2-5,8-9,13-14,18H,6-7,10H2,1H3. The van der Waals surface area contributed by atoms with Gasteiger partial charge in [0, 0.05) is 19.4 Å². The minimum absolute atomic E-state index is 0.279. The van der Waals surface area contributed by atoms with E-state index in [1.54, 1.807) is 6.20 Å². The van der Waals surface area contributed by atoms with Crippen molar-refractivity contribution < 1.29 is 5.11 Å². The van der Waals surface area contributed by atoms with Gasteiger partial charge in [-0.25, -0.2) is 4.98 Å². The number of benzene rings is 1. The highest BCUT2D eigenvalue weighted by Crippen LogP contribution is 2.33. The summed E-state index contributed by atoms with van der Waals surface area (Å²) in [6, 6.07) is 8.54. The first-order valence-electron chi connectivity index (χ1n) is 6.48. The predicted molar refractivity (Wildman–Crippen MR) is 70.1 cm³/mol. The molecule has 0 saturated carbocycles. The van der Waals surface area contributed by atoms with E-state index in [1.807, 2.05) is 17.8 Å². The summed E-state index contributed by atoms with van der Waals surface area (Å²) in [7, 11) is 1.93. The Morgan fingerprint density at radius 2 is 2.11 bits per heavy atom. The molecule has 2 aromatic rings. The lowest BCUT2D eigenvalue weighted by Crippen LogP contribution is -2.23. The Labute approximate surface area is 107 Å².